The molecule has 1 aromatic carbocycles. The zero-order valence-corrected chi connectivity index (χ0v) is 17.6. The van der Waals surface area contributed by atoms with Gasteiger partial charge in [0.2, 0.25) is 15.9 Å². The number of aryl methyl sites for hydroxylation is 2. The maximum Gasteiger partial charge on any atom is 0.238 e. The van der Waals surface area contributed by atoms with E-state index in [1.807, 2.05) is 25.5 Å². The fourth-order valence-corrected chi connectivity index (χ4v) is 3.61. The van der Waals surface area contributed by atoms with Crippen LogP contribution in [-0.2, 0) is 27.8 Å². The van der Waals surface area contributed by atoms with Crippen molar-refractivity contribution in [3.05, 3.63) is 40.2 Å². The van der Waals surface area contributed by atoms with E-state index in [-0.39, 0.29) is 17.2 Å². The lowest BCUT2D eigenvalue weighted by atomic mass is 10.1. The van der Waals surface area contributed by atoms with Crippen LogP contribution < -0.4 is 10.5 Å². The molecule has 8 heteroatoms. The molecule has 0 atom stereocenters. The van der Waals surface area contributed by atoms with Crippen LogP contribution in [0.3, 0.4) is 0 Å². The van der Waals surface area contributed by atoms with Gasteiger partial charge in [0.15, 0.2) is 0 Å². The number of hydrogen-bond donors (Lipinski definition) is 2. The first-order chi connectivity index (χ1) is 12.4. The maximum absolute atomic E-state index is 12.6. The van der Waals surface area contributed by atoms with Crippen LogP contribution in [0.4, 0.5) is 5.69 Å². The fraction of sp³-hybridized carbons (Fsp3) is 0.474. The molecule has 148 valence electrons. The topological polar surface area (TPSA) is 107 Å². The van der Waals surface area contributed by atoms with Gasteiger partial charge in [0, 0.05) is 23.5 Å². The Bertz CT molecular complexity index is 975. The number of benzene rings is 1. The summed E-state index contributed by atoms with van der Waals surface area (Å²) in [5.41, 5.74) is 4.70. The van der Waals surface area contributed by atoms with E-state index in [9.17, 15) is 13.2 Å². The Kier molecular flexibility index (Phi) is 6.11. The number of carbonyl (C=O) groups is 1. The minimum Gasteiger partial charge on any atom is -0.326 e. The van der Waals surface area contributed by atoms with Gasteiger partial charge < -0.3 is 5.32 Å². The smallest absolute Gasteiger partial charge is 0.238 e. The zero-order chi connectivity index (χ0) is 20.5. The van der Waals surface area contributed by atoms with Crippen LogP contribution in [0, 0.1) is 33.6 Å². The molecule has 0 aliphatic carbocycles. The number of hydrogen-bond acceptors (Lipinski definition) is 4. The summed E-state index contributed by atoms with van der Waals surface area (Å²) in [5.74, 6) is 0.232. The van der Waals surface area contributed by atoms with Crippen LogP contribution in [0.25, 0.3) is 0 Å². The molecule has 0 radical (unpaired) electrons. The highest BCUT2D eigenvalue weighted by Crippen LogP contribution is 2.24. The third-order valence-electron chi connectivity index (χ3n) is 4.65. The number of primary sulfonamides is 1. The fourth-order valence-electron chi connectivity index (χ4n) is 2.99. The monoisotopic (exact) mass is 392 g/mol. The molecule has 1 aromatic heterocycles. The van der Waals surface area contributed by atoms with Crippen LogP contribution in [-0.4, -0.2) is 24.1 Å². The second-order valence-electron chi connectivity index (χ2n) is 7.41. The molecule has 0 saturated heterocycles. The van der Waals surface area contributed by atoms with Crippen LogP contribution in [0.2, 0.25) is 0 Å². The summed E-state index contributed by atoms with van der Waals surface area (Å²) in [6, 6.07) is 2.90. The summed E-state index contributed by atoms with van der Waals surface area (Å²) in [6.07, 6.45) is 0.174. The second kappa shape index (κ2) is 7.82. The van der Waals surface area contributed by atoms with Crippen molar-refractivity contribution < 1.29 is 13.2 Å². The molecular formula is C19H28N4O3S. The summed E-state index contributed by atoms with van der Waals surface area (Å²) in [6.45, 7) is 12.5. The van der Waals surface area contributed by atoms with E-state index in [1.165, 1.54) is 12.1 Å². The zero-order valence-electron chi connectivity index (χ0n) is 16.8. The average molecular weight is 393 g/mol. The van der Waals surface area contributed by atoms with Gasteiger partial charge in [-0.3, -0.25) is 9.48 Å². The number of nitrogens with zero attached hydrogens (tertiary/aromatic N) is 2. The lowest BCUT2D eigenvalue weighted by Gasteiger charge is -2.13. The summed E-state index contributed by atoms with van der Waals surface area (Å²) in [4.78, 5) is 12.6. The van der Waals surface area contributed by atoms with Crippen molar-refractivity contribution in [3.63, 3.8) is 0 Å². The summed E-state index contributed by atoms with van der Waals surface area (Å²) in [5, 5.41) is 12.6. The van der Waals surface area contributed by atoms with Gasteiger partial charge in [-0.25, -0.2) is 13.6 Å². The van der Waals surface area contributed by atoms with E-state index in [2.05, 4.69) is 24.3 Å². The first kappa shape index (κ1) is 21.1. The molecule has 0 saturated carbocycles. The van der Waals surface area contributed by atoms with E-state index < -0.39 is 10.0 Å². The molecule has 1 amide bonds. The summed E-state index contributed by atoms with van der Waals surface area (Å²) in [7, 11) is -3.85. The lowest BCUT2D eigenvalue weighted by Crippen LogP contribution is -2.18. The number of amides is 1. The lowest BCUT2D eigenvalue weighted by molar-refractivity contribution is -0.115. The molecule has 0 unspecified atom stereocenters. The normalized spacial score (nSPS) is 11.9. The molecule has 27 heavy (non-hydrogen) atoms. The van der Waals surface area contributed by atoms with Crippen molar-refractivity contribution in [2.75, 3.05) is 5.32 Å². The Morgan fingerprint density at radius 3 is 2.41 bits per heavy atom. The van der Waals surface area contributed by atoms with E-state index in [4.69, 9.17) is 5.14 Å². The minimum atomic E-state index is -3.85. The van der Waals surface area contributed by atoms with Gasteiger partial charge in [0.05, 0.1) is 17.0 Å². The van der Waals surface area contributed by atoms with Gasteiger partial charge in [-0.2, -0.15) is 5.10 Å². The highest BCUT2D eigenvalue weighted by molar-refractivity contribution is 7.89. The van der Waals surface area contributed by atoms with Crippen molar-refractivity contribution in [2.45, 2.75) is 59.4 Å². The predicted octanol–water partition coefficient (Wildman–Crippen LogP) is 2.60. The van der Waals surface area contributed by atoms with Gasteiger partial charge in [-0.1, -0.05) is 13.8 Å². The Morgan fingerprint density at radius 2 is 1.85 bits per heavy atom. The first-order valence-corrected chi connectivity index (χ1v) is 10.4. The van der Waals surface area contributed by atoms with E-state index in [0.29, 0.717) is 11.6 Å². The minimum absolute atomic E-state index is 0.0157. The predicted molar refractivity (Wildman–Crippen MR) is 106 cm³/mol. The molecule has 0 aliphatic heterocycles. The Balaban J connectivity index is 2.27. The number of sulfonamides is 1. The first-order valence-electron chi connectivity index (χ1n) is 8.87. The Hall–Kier alpha value is -2.19. The Labute approximate surface area is 161 Å². The van der Waals surface area contributed by atoms with Crippen molar-refractivity contribution in [2.24, 2.45) is 11.1 Å². The third-order valence-corrected chi connectivity index (χ3v) is 5.54. The summed E-state index contributed by atoms with van der Waals surface area (Å²) >= 11 is 0. The quantitative estimate of drug-likeness (QED) is 0.788. The number of carbonyl (C=O) groups excluding carboxylic acids is 1. The second-order valence-corrected chi connectivity index (χ2v) is 8.97. The molecule has 2 rings (SSSR count). The third kappa shape index (κ3) is 4.95. The maximum atomic E-state index is 12.6. The molecule has 3 N–H and O–H groups in total. The van der Waals surface area contributed by atoms with Gasteiger partial charge in [0.1, 0.15) is 0 Å². The SMILES string of the molecule is Cc1cc(S(N)(=O)=O)cc(NC(=O)Cc2c(C)nn(CC(C)C)c2C)c1C. The highest BCUT2D eigenvalue weighted by atomic mass is 32.2. The molecule has 0 fully saturated rings. The number of nitrogens with two attached hydrogens (primary N) is 1. The standard InChI is InChI=1S/C19H28N4O3S/c1-11(2)10-23-15(6)17(14(5)22-23)9-19(24)21-18-8-16(27(20,25)26)7-12(3)13(18)4/h7-8,11H,9-10H2,1-6H3,(H,21,24)(H2,20,25,26). The van der Waals surface area contributed by atoms with Crippen LogP contribution in [0.5, 0.6) is 0 Å². The van der Waals surface area contributed by atoms with Crippen molar-refractivity contribution in [1.82, 2.24) is 9.78 Å². The van der Waals surface area contributed by atoms with Gasteiger partial charge >= 0.3 is 0 Å². The molecule has 1 heterocycles. The van der Waals surface area contributed by atoms with Gasteiger partial charge in [-0.05, 0) is 56.9 Å². The molecule has 0 spiro atoms. The number of nitrogens with one attached hydrogen (secondary N) is 1. The molecular weight excluding hydrogens is 364 g/mol. The largest absolute Gasteiger partial charge is 0.326 e. The van der Waals surface area contributed by atoms with Crippen LogP contribution in [0.1, 0.15) is 41.9 Å². The number of anilines is 1. The van der Waals surface area contributed by atoms with Crippen molar-refractivity contribution in [1.29, 1.82) is 0 Å². The Morgan fingerprint density at radius 1 is 1.22 bits per heavy atom. The van der Waals surface area contributed by atoms with Crippen molar-refractivity contribution >= 4 is 21.6 Å². The number of rotatable bonds is 6. The number of aromatic nitrogens is 2. The van der Waals surface area contributed by atoms with E-state index in [0.717, 1.165) is 34.6 Å². The van der Waals surface area contributed by atoms with Gasteiger partial charge in [-0.15, -0.1) is 0 Å². The van der Waals surface area contributed by atoms with Crippen LogP contribution >= 0.6 is 0 Å². The van der Waals surface area contributed by atoms with E-state index >= 15 is 0 Å². The molecule has 0 bridgehead atoms. The molecule has 7 nitrogen and oxygen atoms in total. The van der Waals surface area contributed by atoms with Crippen LogP contribution in [0.15, 0.2) is 17.0 Å². The van der Waals surface area contributed by atoms with Crippen molar-refractivity contribution in [3.8, 4) is 0 Å². The highest BCUT2D eigenvalue weighted by Gasteiger charge is 2.18. The summed E-state index contributed by atoms with van der Waals surface area (Å²) < 4.78 is 25.2. The molecule has 0 aliphatic rings. The molecule has 2 aromatic rings. The average Bonchev–Trinajstić information content (AvgIpc) is 2.77. The van der Waals surface area contributed by atoms with Gasteiger partial charge in [0.25, 0.3) is 0 Å². The van der Waals surface area contributed by atoms with E-state index in [1.54, 1.807) is 6.92 Å².